The van der Waals surface area contributed by atoms with Gasteiger partial charge in [-0.2, -0.15) is 84.3 Å². The number of nitrogens with zero attached hydrogens (tertiary/aromatic N) is 38. The summed E-state index contributed by atoms with van der Waals surface area (Å²) in [5.74, 6) is -6.22. The number of hydrogen-bond acceptors (Lipinski definition) is 51. The molecule has 0 aliphatic rings. The molecule has 0 saturated heterocycles. The maximum absolute atomic E-state index is 12.0. The van der Waals surface area contributed by atoms with E-state index in [4.69, 9.17) is 23.2 Å². The first-order valence-electron chi connectivity index (χ1n) is 45.3. The van der Waals surface area contributed by atoms with Crippen LogP contribution in [0.1, 0.15) is 68.0 Å². The Morgan fingerprint density at radius 1 is 0.374 bits per heavy atom. The minimum Gasteiger partial charge on any atom is -0.468 e. The first-order valence-corrected chi connectivity index (χ1v) is 40.3. The fourth-order valence-corrected chi connectivity index (χ4v) is 8.42. The van der Waals surface area contributed by atoms with E-state index in [0.29, 0.717) is 47.0 Å². The topological polar surface area (TPSA) is 783 Å². The number of rotatable bonds is 31. The molecule has 0 bridgehead atoms. The number of tetrazole rings is 9. The quantitative estimate of drug-likeness (QED) is 0.0239. The number of ether oxygens (including phenoxy) is 11. The molecule has 69 nitrogen and oxygen atoms in total. The summed E-state index contributed by atoms with van der Waals surface area (Å²) in [6, 6.07) is 8.86. The van der Waals surface area contributed by atoms with Crippen LogP contribution in [0.25, 0.3) is 67.2 Å². The van der Waals surface area contributed by atoms with Crippen molar-refractivity contribution in [1.82, 2.24) is 188 Å². The molecule has 0 amide bonds. The predicted molar refractivity (Wildman–Crippen MR) is 500 cm³/mol. The Hall–Kier alpha value is -19.6. The molecule has 0 aliphatic carbocycles. The molecule has 10 aromatic heterocycles. The van der Waals surface area contributed by atoms with Gasteiger partial charge in [0.2, 0.25) is 0 Å². The second-order valence-corrected chi connectivity index (χ2v) is 28.0. The van der Waals surface area contributed by atoms with E-state index in [0.717, 1.165) is 155 Å². The Kier molecular flexibility index (Phi) is 44.5. The number of esters is 10. The number of likely N-dealkylation sites (N-methyl/N-ethyl adjacent to an activating group) is 1. The van der Waals surface area contributed by atoms with E-state index in [1.54, 1.807) is 77.2 Å². The highest BCUT2D eigenvalue weighted by atomic mass is 16.6. The van der Waals surface area contributed by atoms with Crippen LogP contribution in [0.2, 0.25) is 0 Å². The number of carbonyl (C=O) groups excluding carboxylic acids is 10. The van der Waals surface area contributed by atoms with Gasteiger partial charge in [0.15, 0.2) is 0 Å². The normalized spacial score (nSPS) is 12.4. The minimum absolute atomic E-state index is 0.0118. The molecule has 0 fully saturated rings. The number of aliphatic hydroxyl groups is 1. The van der Waals surface area contributed by atoms with Crippen LogP contribution in [0, 0.1) is 0 Å². The summed E-state index contributed by atoms with van der Waals surface area (Å²) in [6.07, 6.45) is 22.2. The van der Waals surface area contributed by atoms with Gasteiger partial charge in [-0.15, -0.1) is 0 Å². The van der Waals surface area contributed by atoms with Crippen molar-refractivity contribution in [2.24, 2.45) is 14.0 Å². The van der Waals surface area contributed by atoms with Crippen LogP contribution in [-0.2, 0) is 140 Å². The predicted octanol–water partition coefficient (Wildman–Crippen LogP) is -7.90. The van der Waals surface area contributed by atoms with Crippen molar-refractivity contribution in [3.05, 3.63) is 204 Å². The molecule has 0 radical (unpaired) electrons. The number of aromatic nitrogens is 37. The number of methoxy groups -OCH3 is 10. The monoisotopic (exact) mass is 2080 g/mol. The third kappa shape index (κ3) is 43.8. The molecule has 11 rings (SSSR count). The number of pyridine rings is 1. The standard InChI is InChI=1S/C11H10N4O3.C10H9N5O3.C9H15N5O3.C9H14N4O4.C9H14N4O3.C8H10N4O5.C8H12N4O4.C8H12N4O3.C6H8N4O3/c1-18-10(16)7-8-14-11(17)15(13-12-14)9-5-3-2-4-6-9;1-18-9(16)4-6-14-10(17)15(13-12-14)8-3-2-5-11-7-8;1-12(2)6-7-14-9(16)13(10-11-14)5-4-8(15)17-3;1-9(2,16)6-13-8(15)12(10-11-13)5-4-7(14)17-3;1-9(2,3)16-7(14)5-6-13-8(15)12(4)10-11-13;1-16-6(13)3-4-11-8(15)12(10-9-11)5-7(14)17-2;1-15-6-5-12-8(14)11(9-10-12)4-3-7(13)16-2;1-6(2)12-8(14)11(9-10-12)5-4-7(13)15-3;1-9-6(12)10(8-7-9)4-3-5(11)13-2/h2-8H,1H3;2-7H,1H3;4-5H,6-7H2,1-3H3;4-5,16H,6H2,1-3H3;5-6H,1-4H3;3-4H,5H2,1-2H3;3-4H,5-6H2,1-2H3;4-6H,1-3H3;3-4H,1-2H3/b8-7+;6-4+;2*5-4+;6-5+;2*4-3+;5-4+;4-3+/i;;;;;;;1D3,2D3,6D;1D3. The molecule has 69 heteroatoms. The lowest BCUT2D eigenvalue weighted by molar-refractivity contribution is -0.148. The van der Waals surface area contributed by atoms with Crippen LogP contribution < -0.4 is 51.2 Å². The smallest absolute Gasteiger partial charge is 0.372 e. The van der Waals surface area contributed by atoms with Gasteiger partial charge >= 0.3 is 111 Å². The summed E-state index contributed by atoms with van der Waals surface area (Å²) in [6.45, 7) is 0.356. The fraction of sp³-hybridized carbons (Fsp3) is 0.385. The van der Waals surface area contributed by atoms with Crippen LogP contribution >= 0.6 is 0 Å². The van der Waals surface area contributed by atoms with Gasteiger partial charge in [-0.3, -0.25) is 9.78 Å². The minimum atomic E-state index is -3.38. The summed E-state index contributed by atoms with van der Waals surface area (Å²) in [5.41, 5.74) is -6.30. The van der Waals surface area contributed by atoms with Crippen molar-refractivity contribution in [1.29, 1.82) is 0 Å². The van der Waals surface area contributed by atoms with E-state index in [2.05, 4.69) is 141 Å². The number of aryl methyl sites for hydroxylation is 2. The molecule has 0 unspecified atom stereocenters. The molecule has 1 aromatic carbocycles. The van der Waals surface area contributed by atoms with E-state index in [-0.39, 0.29) is 22.5 Å². The number of para-hydroxylation sites is 1. The van der Waals surface area contributed by atoms with E-state index in [1.165, 1.54) is 106 Å². The summed E-state index contributed by atoms with van der Waals surface area (Å²) >= 11 is 0. The van der Waals surface area contributed by atoms with Crippen LogP contribution in [0.5, 0.6) is 0 Å². The molecule has 147 heavy (non-hydrogen) atoms. The second kappa shape index (κ2) is 62.5. The highest BCUT2D eigenvalue weighted by Gasteiger charge is 2.20. The van der Waals surface area contributed by atoms with Crippen LogP contribution in [0.15, 0.2) is 153 Å². The van der Waals surface area contributed by atoms with Crippen molar-refractivity contribution < 1.29 is 119 Å². The highest BCUT2D eigenvalue weighted by Crippen LogP contribution is 2.08. The first-order chi connectivity index (χ1) is 73.6. The zero-order chi connectivity index (χ0) is 119. The molecule has 0 aliphatic heterocycles. The molecule has 0 saturated carbocycles. The van der Waals surface area contributed by atoms with Gasteiger partial charge in [0.05, 0.1) is 121 Å². The maximum Gasteiger partial charge on any atom is 0.372 e. The van der Waals surface area contributed by atoms with Gasteiger partial charge in [0.1, 0.15) is 12.1 Å². The Balaban J connectivity index is 0.000000454. The molecule has 792 valence electrons. The molecule has 11 aromatic rings. The highest BCUT2D eigenvalue weighted by molar-refractivity contribution is 5.88. The summed E-state index contributed by atoms with van der Waals surface area (Å²) in [7, 11) is 17.6. The van der Waals surface area contributed by atoms with Crippen molar-refractivity contribution >= 4 is 115 Å². The van der Waals surface area contributed by atoms with Gasteiger partial charge in [0, 0.05) is 157 Å². The largest absolute Gasteiger partial charge is 0.468 e. The second-order valence-electron chi connectivity index (χ2n) is 28.0. The molecule has 10 heterocycles. The van der Waals surface area contributed by atoms with E-state index in [9.17, 15) is 96.2 Å². The van der Waals surface area contributed by atoms with Crippen molar-refractivity contribution in [3.63, 3.8) is 0 Å². The zero-order valence-corrected chi connectivity index (χ0v) is 81.0. The summed E-state index contributed by atoms with van der Waals surface area (Å²) < 4.78 is 136. The van der Waals surface area contributed by atoms with Crippen LogP contribution in [0.3, 0.4) is 0 Å². The molecule has 1 N–H and O–H groups in total. The number of hydrogen-bond donors (Lipinski definition) is 1. The van der Waals surface area contributed by atoms with Crippen LogP contribution in [0.4, 0.5) is 0 Å². The molecular weight excluding hydrogens is 1970 g/mol. The number of carbonyl (C=O) groups is 10. The third-order valence-electron chi connectivity index (χ3n) is 15.4. The Morgan fingerprint density at radius 2 is 0.694 bits per heavy atom. The lowest BCUT2D eigenvalue weighted by Crippen LogP contribution is -2.33. The van der Waals surface area contributed by atoms with E-state index in [1.807, 2.05) is 25.1 Å². The lowest BCUT2D eigenvalue weighted by atomic mass is 10.1. The first kappa shape index (κ1) is 105. The average Bonchev–Trinajstić information content (AvgIpc) is 1.64. The molecule has 0 spiro atoms. The van der Waals surface area contributed by atoms with Gasteiger partial charge < -0.3 is 62.1 Å². The summed E-state index contributed by atoms with van der Waals surface area (Å²) in [5, 5.41) is 72.2. The van der Waals surface area contributed by atoms with E-state index >= 15 is 0 Å². The SMILES string of the molecule is COC(=O)/C=C/n1nnn(-c2ccccc2)c1=O.COC(=O)/C=C/n1nnn(-c2cccnc2)c1=O.COC(=O)/C=C/n1nnn(CC(=O)OC)c1=O.COC(=O)/C=C/n1nnn(CC(C)(C)O)c1=O.COC(=O)/C=C/n1nnn(CCN(C)C)c1=O.COCCn1nnn(/C=C/C(=O)OC)c1=O.Cn1nnn(/C=C/C(=O)OC(C)(C)C)c1=O.[2H]C([2H])([2H])C([2H])(n1nnn(/C=C/C(=O)OC)c1=O)C([2H])([2H])[2H].[2H]C([2H])([2H])n1nnn(/C=C/C(=O)OC)c1=O. The summed E-state index contributed by atoms with van der Waals surface area (Å²) in [4.78, 5) is 219. The Morgan fingerprint density at radius 3 is 1.03 bits per heavy atom. The molecular formula is C78H104N38O31. The number of benzene rings is 1. The average molecular weight is 2080 g/mol. The van der Waals surface area contributed by atoms with E-state index < -0.39 is 149 Å². The third-order valence-corrected chi connectivity index (χ3v) is 15.4. The fourth-order valence-electron chi connectivity index (χ4n) is 8.42. The van der Waals surface area contributed by atoms with Gasteiger partial charge in [-0.05, 0) is 181 Å². The van der Waals surface area contributed by atoms with Crippen molar-refractivity contribution in [2.75, 3.05) is 98.3 Å². The Bertz CT molecular complexity index is 7340. The van der Waals surface area contributed by atoms with Crippen molar-refractivity contribution in [3.8, 4) is 11.4 Å². The van der Waals surface area contributed by atoms with Crippen LogP contribution in [-0.4, -0.2) is 362 Å². The Labute approximate surface area is 839 Å². The molecule has 0 atom stereocenters. The maximum atomic E-state index is 12.0. The van der Waals surface area contributed by atoms with Gasteiger partial charge in [-0.25, -0.2) is 86.3 Å². The van der Waals surface area contributed by atoms with Crippen molar-refractivity contribution in [2.45, 2.75) is 91.7 Å². The lowest BCUT2D eigenvalue weighted by Gasteiger charge is -2.17. The van der Waals surface area contributed by atoms with Gasteiger partial charge in [0.25, 0.3) is 0 Å². The zero-order valence-electron chi connectivity index (χ0n) is 91.0. The van der Waals surface area contributed by atoms with Gasteiger partial charge in [-0.1, -0.05) is 18.2 Å².